The van der Waals surface area contributed by atoms with E-state index in [9.17, 15) is 18.0 Å². The molecule has 0 aliphatic carbocycles. The van der Waals surface area contributed by atoms with Crippen LogP contribution in [0.3, 0.4) is 0 Å². The van der Waals surface area contributed by atoms with Gasteiger partial charge in [0, 0.05) is 13.1 Å². The summed E-state index contributed by atoms with van der Waals surface area (Å²) in [5.41, 5.74) is 2.04. The fraction of sp³-hybridized carbons (Fsp3) is 0.417. The average Bonchev–Trinajstić information content (AvgIpc) is 2.79. The summed E-state index contributed by atoms with van der Waals surface area (Å²) in [5.74, 6) is -0.165. The summed E-state index contributed by atoms with van der Waals surface area (Å²) < 4.78 is 31.7. The maximum Gasteiger partial charge on any atom is 0.244 e. The zero-order chi connectivity index (χ0) is 24.6. The predicted octanol–water partition coefficient (Wildman–Crippen LogP) is 2.58. The fourth-order valence-electron chi connectivity index (χ4n) is 3.52. The molecule has 0 radical (unpaired) electrons. The van der Waals surface area contributed by atoms with Crippen molar-refractivity contribution in [2.75, 3.05) is 30.8 Å². The Kier molecular flexibility index (Phi) is 9.28. The highest BCUT2D eigenvalue weighted by Gasteiger charge is 2.30. The Labute approximate surface area is 196 Å². The zero-order valence-electron chi connectivity index (χ0n) is 19.9. The molecule has 2 rings (SSSR count). The van der Waals surface area contributed by atoms with E-state index in [0.29, 0.717) is 24.4 Å². The van der Waals surface area contributed by atoms with E-state index in [-0.39, 0.29) is 12.5 Å². The van der Waals surface area contributed by atoms with Gasteiger partial charge >= 0.3 is 0 Å². The van der Waals surface area contributed by atoms with Gasteiger partial charge in [-0.1, -0.05) is 37.3 Å². The van der Waals surface area contributed by atoms with Gasteiger partial charge in [0.05, 0.1) is 19.1 Å². The largest absolute Gasteiger partial charge is 0.497 e. The summed E-state index contributed by atoms with van der Waals surface area (Å²) in [6.07, 6.45) is 1.69. The van der Waals surface area contributed by atoms with Crippen molar-refractivity contribution in [3.05, 3.63) is 59.7 Å². The third kappa shape index (κ3) is 6.95. The quantitative estimate of drug-likeness (QED) is 0.539. The number of aryl methyl sites for hydroxylation is 1. The van der Waals surface area contributed by atoms with Gasteiger partial charge in [-0.15, -0.1) is 0 Å². The van der Waals surface area contributed by atoms with Crippen LogP contribution in [0, 0.1) is 0 Å². The van der Waals surface area contributed by atoms with Crippen LogP contribution < -0.4 is 14.4 Å². The summed E-state index contributed by atoms with van der Waals surface area (Å²) in [7, 11) is -2.20. The molecule has 180 valence electrons. The lowest BCUT2D eigenvalue weighted by Gasteiger charge is -2.32. The Balaban J connectivity index is 2.43. The number of hydrogen-bond acceptors (Lipinski definition) is 5. The first kappa shape index (κ1) is 26.2. The van der Waals surface area contributed by atoms with E-state index in [1.807, 2.05) is 25.1 Å². The minimum atomic E-state index is -3.75. The molecule has 0 bridgehead atoms. The lowest BCUT2D eigenvalue weighted by atomic mass is 10.1. The molecule has 2 aromatic rings. The number of carbonyl (C=O) groups is 2. The summed E-state index contributed by atoms with van der Waals surface area (Å²) in [4.78, 5) is 27.5. The normalized spacial score (nSPS) is 12.0. The maximum absolute atomic E-state index is 13.5. The van der Waals surface area contributed by atoms with Crippen molar-refractivity contribution >= 4 is 27.5 Å². The van der Waals surface area contributed by atoms with Crippen LogP contribution in [0.15, 0.2) is 48.5 Å². The first-order valence-electron chi connectivity index (χ1n) is 10.9. The number of hydrogen-bond donors (Lipinski definition) is 1. The molecule has 1 N–H and O–H groups in total. The number of anilines is 1. The van der Waals surface area contributed by atoms with Crippen LogP contribution in [0.2, 0.25) is 0 Å². The Hall–Kier alpha value is -3.07. The molecule has 0 unspecified atom stereocenters. The van der Waals surface area contributed by atoms with Gasteiger partial charge in [0.1, 0.15) is 18.3 Å². The summed E-state index contributed by atoms with van der Waals surface area (Å²) >= 11 is 0. The molecular weight excluding hydrogens is 442 g/mol. The van der Waals surface area contributed by atoms with Gasteiger partial charge in [-0.25, -0.2) is 8.42 Å². The van der Waals surface area contributed by atoms with E-state index < -0.39 is 28.5 Å². The summed E-state index contributed by atoms with van der Waals surface area (Å²) in [5, 5.41) is 2.73. The monoisotopic (exact) mass is 475 g/mol. The number of nitrogens with one attached hydrogen (secondary N) is 1. The van der Waals surface area contributed by atoms with E-state index in [2.05, 4.69) is 5.32 Å². The Bertz CT molecular complexity index is 1070. The van der Waals surface area contributed by atoms with Crippen molar-refractivity contribution in [3.8, 4) is 5.75 Å². The number of benzene rings is 2. The fourth-order valence-corrected chi connectivity index (χ4v) is 4.40. The number of nitrogens with zero attached hydrogens (tertiary/aromatic N) is 2. The van der Waals surface area contributed by atoms with Gasteiger partial charge in [-0.2, -0.15) is 0 Å². The molecule has 0 aromatic heterocycles. The number of methoxy groups -OCH3 is 1. The molecular formula is C24H33N3O5S. The van der Waals surface area contributed by atoms with Crippen molar-refractivity contribution in [1.82, 2.24) is 10.2 Å². The van der Waals surface area contributed by atoms with Gasteiger partial charge in [0.25, 0.3) is 0 Å². The molecule has 0 spiro atoms. The second-order valence-corrected chi connectivity index (χ2v) is 9.60. The van der Waals surface area contributed by atoms with Crippen LogP contribution in [0.1, 0.15) is 31.9 Å². The molecule has 0 saturated carbocycles. The van der Waals surface area contributed by atoms with Crippen LogP contribution in [0.4, 0.5) is 5.69 Å². The predicted molar refractivity (Wildman–Crippen MR) is 130 cm³/mol. The van der Waals surface area contributed by atoms with Crippen LogP contribution in [0.25, 0.3) is 0 Å². The molecule has 2 aromatic carbocycles. The number of likely N-dealkylation sites (N-methyl/N-ethyl adjacent to an activating group) is 1. The Morgan fingerprint density at radius 2 is 1.79 bits per heavy atom. The van der Waals surface area contributed by atoms with Crippen LogP contribution >= 0.6 is 0 Å². The first-order valence-corrected chi connectivity index (χ1v) is 12.7. The number of amides is 2. The van der Waals surface area contributed by atoms with E-state index in [0.717, 1.165) is 21.7 Å². The lowest BCUT2D eigenvalue weighted by molar-refractivity contribution is -0.139. The third-order valence-electron chi connectivity index (χ3n) is 5.33. The topological polar surface area (TPSA) is 96.0 Å². The van der Waals surface area contributed by atoms with Crippen molar-refractivity contribution in [3.63, 3.8) is 0 Å². The zero-order valence-corrected chi connectivity index (χ0v) is 20.7. The number of sulfonamides is 1. The molecule has 0 heterocycles. The number of para-hydroxylation sites is 1. The van der Waals surface area contributed by atoms with E-state index in [1.165, 1.54) is 4.90 Å². The average molecular weight is 476 g/mol. The minimum absolute atomic E-state index is 0.126. The Morgan fingerprint density at radius 1 is 1.09 bits per heavy atom. The second kappa shape index (κ2) is 11.7. The van der Waals surface area contributed by atoms with Crippen LogP contribution in [-0.2, 0) is 32.6 Å². The van der Waals surface area contributed by atoms with E-state index in [4.69, 9.17) is 4.74 Å². The van der Waals surface area contributed by atoms with Gasteiger partial charge < -0.3 is 15.0 Å². The van der Waals surface area contributed by atoms with E-state index >= 15 is 0 Å². The van der Waals surface area contributed by atoms with E-state index in [1.54, 1.807) is 51.3 Å². The minimum Gasteiger partial charge on any atom is -0.497 e. The second-order valence-electron chi connectivity index (χ2n) is 7.70. The highest BCUT2D eigenvalue weighted by atomic mass is 32.2. The molecule has 8 nitrogen and oxygen atoms in total. The molecule has 2 amide bonds. The number of rotatable bonds is 11. The number of ether oxygens (including phenoxy) is 1. The third-order valence-corrected chi connectivity index (χ3v) is 6.45. The number of carbonyl (C=O) groups excluding carboxylic acids is 2. The molecule has 33 heavy (non-hydrogen) atoms. The lowest BCUT2D eigenvalue weighted by Crippen LogP contribution is -2.51. The van der Waals surface area contributed by atoms with Gasteiger partial charge in [-0.3, -0.25) is 13.9 Å². The van der Waals surface area contributed by atoms with Crippen molar-refractivity contribution in [1.29, 1.82) is 0 Å². The standard InChI is InChI=1S/C24H33N3O5S/c1-6-20-12-8-9-14-22(20)27(33(5,30)31)17-23(28)26(18(3)24(29)25-7-2)16-19-11-10-13-21(15-19)32-4/h8-15,18H,6-7,16-17H2,1-5H3,(H,25,29)/t18-/m0/s1. The molecule has 0 aliphatic rings. The van der Waals surface area contributed by atoms with Crippen LogP contribution in [-0.4, -0.2) is 57.6 Å². The van der Waals surface area contributed by atoms with Crippen LogP contribution in [0.5, 0.6) is 5.75 Å². The SMILES string of the molecule is CCNC(=O)[C@H](C)N(Cc1cccc(OC)c1)C(=O)CN(c1ccccc1CC)S(C)(=O)=O. The van der Waals surface area contributed by atoms with Crippen molar-refractivity contribution in [2.45, 2.75) is 39.8 Å². The molecule has 0 fully saturated rings. The maximum atomic E-state index is 13.5. The molecule has 9 heteroatoms. The smallest absolute Gasteiger partial charge is 0.244 e. The van der Waals surface area contributed by atoms with Gasteiger partial charge in [-0.05, 0) is 49.6 Å². The van der Waals surface area contributed by atoms with Gasteiger partial charge in [0.15, 0.2) is 0 Å². The first-order chi connectivity index (χ1) is 15.6. The van der Waals surface area contributed by atoms with Crippen molar-refractivity contribution in [2.24, 2.45) is 0 Å². The van der Waals surface area contributed by atoms with Crippen molar-refractivity contribution < 1.29 is 22.7 Å². The van der Waals surface area contributed by atoms with Gasteiger partial charge in [0.2, 0.25) is 21.8 Å². The highest BCUT2D eigenvalue weighted by molar-refractivity contribution is 7.92. The molecule has 1 atom stereocenters. The molecule has 0 saturated heterocycles. The summed E-state index contributed by atoms with van der Waals surface area (Å²) in [6.45, 7) is 5.49. The Morgan fingerprint density at radius 3 is 2.39 bits per heavy atom. The summed E-state index contributed by atoms with van der Waals surface area (Å²) in [6, 6.07) is 13.5. The highest BCUT2D eigenvalue weighted by Crippen LogP contribution is 2.24. The molecule has 0 aliphatic heterocycles.